The first-order valence-corrected chi connectivity index (χ1v) is 8.06. The molecule has 1 unspecified atom stereocenters. The molecule has 118 valence electrons. The maximum absolute atomic E-state index is 5.73. The van der Waals surface area contributed by atoms with Gasteiger partial charge in [0.05, 0.1) is 5.60 Å². The number of hydrogen-bond donors (Lipinski definition) is 1. The van der Waals surface area contributed by atoms with Crippen LogP contribution < -0.4 is 10.2 Å². The summed E-state index contributed by atoms with van der Waals surface area (Å²) < 4.78 is 5.73. The molecule has 1 fully saturated rings. The Morgan fingerprint density at radius 1 is 1.38 bits per heavy atom. The summed E-state index contributed by atoms with van der Waals surface area (Å²) in [5.74, 6) is 0. The van der Waals surface area contributed by atoms with Gasteiger partial charge in [0.15, 0.2) is 0 Å². The summed E-state index contributed by atoms with van der Waals surface area (Å²) in [6.07, 6.45) is 2.33. The Bertz CT molecular complexity index is 472. The Hall–Kier alpha value is -1.06. The molecule has 1 atom stereocenters. The fourth-order valence-corrected chi connectivity index (χ4v) is 3.06. The Balaban J connectivity index is 2.21. The van der Waals surface area contributed by atoms with Crippen LogP contribution in [-0.4, -0.2) is 31.8 Å². The summed E-state index contributed by atoms with van der Waals surface area (Å²) in [6, 6.07) is 7.30. The number of hydrogen-bond acceptors (Lipinski definition) is 3. The normalized spacial score (nSPS) is 22.9. The van der Waals surface area contributed by atoms with Crippen LogP contribution in [0, 0.1) is 6.92 Å². The lowest BCUT2D eigenvalue weighted by atomic mass is 9.93. The van der Waals surface area contributed by atoms with Crippen LogP contribution >= 0.6 is 0 Å². The van der Waals surface area contributed by atoms with Crippen LogP contribution in [0.5, 0.6) is 0 Å². The Morgan fingerprint density at radius 2 is 2.14 bits per heavy atom. The first-order chi connectivity index (χ1) is 9.93. The molecule has 2 rings (SSSR count). The lowest BCUT2D eigenvalue weighted by molar-refractivity contribution is -0.00468. The van der Waals surface area contributed by atoms with Crippen LogP contribution in [0.1, 0.15) is 44.7 Å². The average Bonchev–Trinajstić information content (AvgIpc) is 2.45. The Morgan fingerprint density at radius 3 is 2.81 bits per heavy atom. The zero-order chi connectivity index (χ0) is 15.5. The highest BCUT2D eigenvalue weighted by molar-refractivity contribution is 5.55. The van der Waals surface area contributed by atoms with E-state index in [0.29, 0.717) is 6.04 Å². The maximum atomic E-state index is 5.73. The van der Waals surface area contributed by atoms with Gasteiger partial charge in [-0.2, -0.15) is 0 Å². The third kappa shape index (κ3) is 4.21. The highest BCUT2D eigenvalue weighted by Gasteiger charge is 2.31. The molecule has 3 heteroatoms. The van der Waals surface area contributed by atoms with Gasteiger partial charge in [-0.1, -0.05) is 31.5 Å². The zero-order valence-electron chi connectivity index (χ0n) is 14.2. The van der Waals surface area contributed by atoms with Crippen molar-refractivity contribution in [2.45, 2.75) is 58.7 Å². The van der Waals surface area contributed by atoms with E-state index in [1.165, 1.54) is 23.2 Å². The number of nitrogens with zero attached hydrogens (tertiary/aromatic N) is 1. The van der Waals surface area contributed by atoms with E-state index in [4.69, 9.17) is 4.74 Å². The summed E-state index contributed by atoms with van der Waals surface area (Å²) in [7, 11) is 1.83. The number of anilines is 1. The molecule has 0 aromatic heterocycles. The summed E-state index contributed by atoms with van der Waals surface area (Å²) >= 11 is 0. The van der Waals surface area contributed by atoms with Crippen molar-refractivity contribution in [2.24, 2.45) is 0 Å². The molecule has 1 aliphatic rings. The lowest BCUT2D eigenvalue weighted by Crippen LogP contribution is -2.47. The van der Waals surface area contributed by atoms with Gasteiger partial charge in [-0.05, 0) is 38.3 Å². The van der Waals surface area contributed by atoms with E-state index in [9.17, 15) is 0 Å². The Labute approximate surface area is 129 Å². The SMILES string of the molecule is COC1(C)CCCN(c2ccc(C)cc2CNC(C)C)C1. The van der Waals surface area contributed by atoms with E-state index in [2.05, 4.69) is 56.1 Å². The third-order valence-electron chi connectivity index (χ3n) is 4.43. The molecule has 1 N–H and O–H groups in total. The zero-order valence-corrected chi connectivity index (χ0v) is 14.2. The van der Waals surface area contributed by atoms with Crippen molar-refractivity contribution >= 4 is 5.69 Å². The minimum Gasteiger partial charge on any atom is -0.377 e. The monoisotopic (exact) mass is 290 g/mol. The molecular formula is C18H30N2O. The second kappa shape index (κ2) is 6.80. The van der Waals surface area contributed by atoms with Crippen molar-refractivity contribution in [3.8, 4) is 0 Å². The molecule has 0 radical (unpaired) electrons. The maximum Gasteiger partial charge on any atom is 0.0825 e. The molecule has 1 aromatic rings. The molecule has 1 heterocycles. The second-order valence-corrected chi connectivity index (χ2v) is 6.85. The van der Waals surface area contributed by atoms with Crippen molar-refractivity contribution in [3.05, 3.63) is 29.3 Å². The van der Waals surface area contributed by atoms with Crippen molar-refractivity contribution in [1.82, 2.24) is 5.32 Å². The van der Waals surface area contributed by atoms with Crippen molar-refractivity contribution < 1.29 is 4.74 Å². The summed E-state index contributed by atoms with van der Waals surface area (Å²) in [5.41, 5.74) is 4.05. The van der Waals surface area contributed by atoms with Gasteiger partial charge in [0.25, 0.3) is 0 Å². The highest BCUT2D eigenvalue weighted by Crippen LogP contribution is 2.30. The number of piperidine rings is 1. The van der Waals surface area contributed by atoms with Crippen molar-refractivity contribution in [1.29, 1.82) is 0 Å². The van der Waals surface area contributed by atoms with Gasteiger partial charge in [0, 0.05) is 38.5 Å². The molecule has 21 heavy (non-hydrogen) atoms. The number of nitrogens with one attached hydrogen (secondary N) is 1. The minimum atomic E-state index is -0.0219. The van der Waals surface area contributed by atoms with E-state index >= 15 is 0 Å². The quantitative estimate of drug-likeness (QED) is 0.898. The predicted octanol–water partition coefficient (Wildman–Crippen LogP) is 3.50. The van der Waals surface area contributed by atoms with Crippen LogP contribution in [0.15, 0.2) is 18.2 Å². The van der Waals surface area contributed by atoms with Crippen LogP contribution in [0.3, 0.4) is 0 Å². The minimum absolute atomic E-state index is 0.0219. The molecule has 1 aliphatic heterocycles. The van der Waals surface area contributed by atoms with Gasteiger partial charge in [0.1, 0.15) is 0 Å². The van der Waals surface area contributed by atoms with Crippen LogP contribution in [-0.2, 0) is 11.3 Å². The second-order valence-electron chi connectivity index (χ2n) is 6.85. The van der Waals surface area contributed by atoms with Gasteiger partial charge in [-0.25, -0.2) is 0 Å². The van der Waals surface area contributed by atoms with E-state index in [1.54, 1.807) is 0 Å². The van der Waals surface area contributed by atoms with E-state index in [1.807, 2.05) is 7.11 Å². The van der Waals surface area contributed by atoms with Gasteiger partial charge in [0.2, 0.25) is 0 Å². The first-order valence-electron chi connectivity index (χ1n) is 8.06. The molecule has 0 saturated carbocycles. The number of benzene rings is 1. The van der Waals surface area contributed by atoms with E-state index in [0.717, 1.165) is 26.1 Å². The average molecular weight is 290 g/mol. The third-order valence-corrected chi connectivity index (χ3v) is 4.43. The molecular weight excluding hydrogens is 260 g/mol. The molecule has 3 nitrogen and oxygen atoms in total. The molecule has 1 aromatic carbocycles. The van der Waals surface area contributed by atoms with Crippen LogP contribution in [0.4, 0.5) is 5.69 Å². The molecule has 1 saturated heterocycles. The summed E-state index contributed by atoms with van der Waals surface area (Å²) in [4.78, 5) is 2.49. The van der Waals surface area contributed by atoms with Gasteiger partial charge >= 0.3 is 0 Å². The fourth-order valence-electron chi connectivity index (χ4n) is 3.06. The smallest absolute Gasteiger partial charge is 0.0825 e. The van der Waals surface area contributed by atoms with Gasteiger partial charge in [-0.15, -0.1) is 0 Å². The van der Waals surface area contributed by atoms with E-state index in [-0.39, 0.29) is 5.60 Å². The van der Waals surface area contributed by atoms with Gasteiger partial charge < -0.3 is 15.0 Å². The van der Waals surface area contributed by atoms with Crippen LogP contribution in [0.25, 0.3) is 0 Å². The lowest BCUT2D eigenvalue weighted by Gasteiger charge is -2.41. The van der Waals surface area contributed by atoms with Crippen molar-refractivity contribution in [3.63, 3.8) is 0 Å². The number of ether oxygens (including phenoxy) is 1. The highest BCUT2D eigenvalue weighted by atomic mass is 16.5. The standard InChI is InChI=1S/C18H30N2O/c1-14(2)19-12-16-11-15(3)7-8-17(16)20-10-6-9-18(4,13-20)21-5/h7-8,11,14,19H,6,9-10,12-13H2,1-5H3. The topological polar surface area (TPSA) is 24.5 Å². The van der Waals surface area contributed by atoms with Crippen LogP contribution in [0.2, 0.25) is 0 Å². The number of methoxy groups -OCH3 is 1. The van der Waals surface area contributed by atoms with Crippen molar-refractivity contribution in [2.75, 3.05) is 25.1 Å². The van der Waals surface area contributed by atoms with Gasteiger partial charge in [-0.3, -0.25) is 0 Å². The summed E-state index contributed by atoms with van der Waals surface area (Å²) in [5, 5.41) is 3.55. The largest absolute Gasteiger partial charge is 0.377 e. The van der Waals surface area contributed by atoms with E-state index < -0.39 is 0 Å². The molecule has 0 spiro atoms. The molecule has 0 amide bonds. The predicted molar refractivity (Wildman–Crippen MR) is 90.0 cm³/mol. The molecule has 0 aliphatic carbocycles. The summed E-state index contributed by atoms with van der Waals surface area (Å²) in [6.45, 7) is 11.8. The first kappa shape index (κ1) is 16.3. The fraction of sp³-hybridized carbons (Fsp3) is 0.667. The number of rotatable bonds is 5. The number of aryl methyl sites for hydroxylation is 1. The molecule has 0 bridgehead atoms. The Kier molecular flexibility index (Phi) is 5.28.